The minimum absolute atomic E-state index is 0.319. The molecule has 1 aliphatic rings. The van der Waals surface area contributed by atoms with Crippen LogP contribution in [0, 0.1) is 11.8 Å². The molecule has 106 valence electrons. The smallest absolute Gasteiger partial charge is 0.119 e. The third kappa shape index (κ3) is 3.32. The van der Waals surface area contributed by atoms with E-state index in [0.29, 0.717) is 28.9 Å². The van der Waals surface area contributed by atoms with Crippen LogP contribution in [0.15, 0.2) is 24.3 Å². The van der Waals surface area contributed by atoms with Gasteiger partial charge in [-0.1, -0.05) is 35.0 Å². The minimum atomic E-state index is 0.319. The summed E-state index contributed by atoms with van der Waals surface area (Å²) < 4.78 is 11.2. The fourth-order valence-corrected chi connectivity index (χ4v) is 4.36. The molecule has 0 aliphatic carbocycles. The maximum Gasteiger partial charge on any atom is 0.119 e. The third-order valence-electron chi connectivity index (χ3n) is 4.30. The molecule has 0 spiro atoms. The van der Waals surface area contributed by atoms with E-state index in [1.165, 1.54) is 5.56 Å². The standard InChI is InChI=1S/C16H23BrO2/c1-10-11(2)19-12(3)16(10)15(17)9-13-6-5-7-14(8-13)18-4/h5-8,10-12,15-16H,9H2,1-4H3. The van der Waals surface area contributed by atoms with E-state index in [4.69, 9.17) is 9.47 Å². The van der Waals surface area contributed by atoms with Crippen LogP contribution >= 0.6 is 15.9 Å². The number of rotatable bonds is 4. The molecule has 0 aromatic heterocycles. The van der Waals surface area contributed by atoms with Gasteiger partial charge in [-0.25, -0.2) is 0 Å². The molecule has 0 saturated carbocycles. The Balaban J connectivity index is 2.06. The van der Waals surface area contributed by atoms with E-state index < -0.39 is 0 Å². The number of hydrogen-bond acceptors (Lipinski definition) is 2. The Kier molecular flexibility index (Phi) is 4.91. The van der Waals surface area contributed by atoms with Crippen molar-refractivity contribution in [1.29, 1.82) is 0 Å². The lowest BCUT2D eigenvalue weighted by Gasteiger charge is -2.24. The van der Waals surface area contributed by atoms with Gasteiger partial charge in [0.1, 0.15) is 5.75 Å². The van der Waals surface area contributed by atoms with Gasteiger partial charge in [-0.3, -0.25) is 0 Å². The lowest BCUT2D eigenvalue weighted by atomic mass is 9.85. The van der Waals surface area contributed by atoms with Crippen molar-refractivity contribution in [3.05, 3.63) is 29.8 Å². The summed E-state index contributed by atoms with van der Waals surface area (Å²) in [7, 11) is 1.71. The Morgan fingerprint density at radius 1 is 1.26 bits per heavy atom. The molecule has 2 rings (SSSR count). The predicted molar refractivity (Wildman–Crippen MR) is 82.1 cm³/mol. The van der Waals surface area contributed by atoms with Crippen molar-refractivity contribution in [2.24, 2.45) is 11.8 Å². The maximum atomic E-state index is 5.94. The molecule has 1 aromatic rings. The van der Waals surface area contributed by atoms with Crippen molar-refractivity contribution in [2.45, 2.75) is 44.2 Å². The van der Waals surface area contributed by atoms with Crippen LogP contribution in [0.2, 0.25) is 0 Å². The van der Waals surface area contributed by atoms with E-state index in [9.17, 15) is 0 Å². The number of methoxy groups -OCH3 is 1. The molecule has 19 heavy (non-hydrogen) atoms. The summed E-state index contributed by atoms with van der Waals surface area (Å²) in [5, 5.41) is 0. The van der Waals surface area contributed by atoms with Crippen LogP contribution in [-0.2, 0) is 11.2 Å². The van der Waals surface area contributed by atoms with E-state index in [-0.39, 0.29) is 0 Å². The summed E-state index contributed by atoms with van der Waals surface area (Å²) in [6, 6.07) is 8.31. The summed E-state index contributed by atoms with van der Waals surface area (Å²) in [5.41, 5.74) is 1.31. The summed E-state index contributed by atoms with van der Waals surface area (Å²) in [6.07, 6.45) is 1.68. The molecule has 2 nitrogen and oxygen atoms in total. The topological polar surface area (TPSA) is 18.5 Å². The monoisotopic (exact) mass is 326 g/mol. The van der Waals surface area contributed by atoms with E-state index >= 15 is 0 Å². The van der Waals surface area contributed by atoms with Crippen molar-refractivity contribution < 1.29 is 9.47 Å². The Bertz CT molecular complexity index is 421. The highest BCUT2D eigenvalue weighted by Crippen LogP contribution is 2.38. The zero-order valence-electron chi connectivity index (χ0n) is 12.1. The van der Waals surface area contributed by atoms with Gasteiger partial charge in [0.2, 0.25) is 0 Å². The average Bonchev–Trinajstić information content (AvgIpc) is 2.63. The zero-order valence-corrected chi connectivity index (χ0v) is 13.7. The normalized spacial score (nSPS) is 32.3. The fraction of sp³-hybridized carbons (Fsp3) is 0.625. The summed E-state index contributed by atoms with van der Waals surface area (Å²) in [4.78, 5) is 0.439. The molecule has 1 saturated heterocycles. The first-order chi connectivity index (χ1) is 9.02. The maximum absolute atomic E-state index is 5.94. The number of hydrogen-bond donors (Lipinski definition) is 0. The van der Waals surface area contributed by atoms with Gasteiger partial charge < -0.3 is 9.47 Å². The van der Waals surface area contributed by atoms with E-state index in [2.05, 4.69) is 54.9 Å². The van der Waals surface area contributed by atoms with Crippen molar-refractivity contribution >= 4 is 15.9 Å². The third-order valence-corrected chi connectivity index (χ3v) is 5.24. The van der Waals surface area contributed by atoms with Crippen LogP contribution in [0.25, 0.3) is 0 Å². The lowest BCUT2D eigenvalue weighted by Crippen LogP contribution is -2.28. The van der Waals surface area contributed by atoms with Crippen molar-refractivity contribution in [3.63, 3.8) is 0 Å². The molecule has 3 heteroatoms. The SMILES string of the molecule is COc1cccc(CC(Br)C2C(C)OC(C)C2C)c1. The van der Waals surface area contributed by atoms with Gasteiger partial charge in [0.15, 0.2) is 0 Å². The second-order valence-corrected chi connectivity index (χ2v) is 6.73. The highest BCUT2D eigenvalue weighted by atomic mass is 79.9. The largest absolute Gasteiger partial charge is 0.497 e. The van der Waals surface area contributed by atoms with Crippen LogP contribution in [0.3, 0.4) is 0 Å². The average molecular weight is 327 g/mol. The minimum Gasteiger partial charge on any atom is -0.497 e. The van der Waals surface area contributed by atoms with Gasteiger partial charge >= 0.3 is 0 Å². The zero-order chi connectivity index (χ0) is 14.0. The van der Waals surface area contributed by atoms with E-state index in [1.54, 1.807) is 7.11 Å². The number of alkyl halides is 1. The van der Waals surface area contributed by atoms with Crippen LogP contribution in [-0.4, -0.2) is 24.1 Å². The second kappa shape index (κ2) is 6.27. The Morgan fingerprint density at radius 2 is 2.00 bits per heavy atom. The van der Waals surface area contributed by atoms with E-state index in [0.717, 1.165) is 12.2 Å². The molecule has 1 aliphatic heterocycles. The van der Waals surface area contributed by atoms with Crippen LogP contribution < -0.4 is 4.74 Å². The molecule has 5 atom stereocenters. The van der Waals surface area contributed by atoms with E-state index in [1.807, 2.05) is 6.07 Å². The first-order valence-corrected chi connectivity index (χ1v) is 7.87. The molecule has 0 N–H and O–H groups in total. The first-order valence-electron chi connectivity index (χ1n) is 6.95. The molecule has 5 unspecified atom stereocenters. The predicted octanol–water partition coefficient (Wildman–Crippen LogP) is 4.06. The van der Waals surface area contributed by atoms with Gasteiger partial charge in [-0.15, -0.1) is 0 Å². The quantitative estimate of drug-likeness (QED) is 0.777. The number of benzene rings is 1. The number of halogens is 1. The Labute approximate surface area is 124 Å². The highest BCUT2D eigenvalue weighted by molar-refractivity contribution is 9.09. The fourth-order valence-electron chi connectivity index (χ4n) is 3.08. The molecule has 1 fully saturated rings. The van der Waals surface area contributed by atoms with Gasteiger partial charge in [0, 0.05) is 10.7 Å². The number of ether oxygens (including phenoxy) is 2. The second-order valence-electron chi connectivity index (χ2n) is 5.55. The van der Waals surface area contributed by atoms with Gasteiger partial charge in [0.25, 0.3) is 0 Å². The molecule has 1 aromatic carbocycles. The Hall–Kier alpha value is -0.540. The summed E-state index contributed by atoms with van der Waals surface area (Å²) in [6.45, 7) is 6.65. The van der Waals surface area contributed by atoms with Gasteiger partial charge in [-0.05, 0) is 43.9 Å². The summed E-state index contributed by atoms with van der Waals surface area (Å²) in [5.74, 6) is 2.07. The van der Waals surface area contributed by atoms with Gasteiger partial charge in [0.05, 0.1) is 19.3 Å². The lowest BCUT2D eigenvalue weighted by molar-refractivity contribution is 0.0511. The molecular formula is C16H23BrO2. The Morgan fingerprint density at radius 3 is 2.58 bits per heavy atom. The molecule has 0 amide bonds. The molecule has 1 heterocycles. The van der Waals surface area contributed by atoms with Crippen LogP contribution in [0.4, 0.5) is 0 Å². The molecule has 0 radical (unpaired) electrons. The molecular weight excluding hydrogens is 304 g/mol. The van der Waals surface area contributed by atoms with Crippen LogP contribution in [0.1, 0.15) is 26.3 Å². The van der Waals surface area contributed by atoms with Gasteiger partial charge in [-0.2, -0.15) is 0 Å². The molecule has 0 bridgehead atoms. The van der Waals surface area contributed by atoms with Crippen molar-refractivity contribution in [1.82, 2.24) is 0 Å². The first kappa shape index (κ1) is 14.9. The summed E-state index contributed by atoms with van der Waals surface area (Å²) >= 11 is 3.88. The van der Waals surface area contributed by atoms with Crippen molar-refractivity contribution in [3.8, 4) is 5.75 Å². The highest BCUT2D eigenvalue weighted by Gasteiger charge is 2.40. The van der Waals surface area contributed by atoms with Crippen molar-refractivity contribution in [2.75, 3.05) is 7.11 Å². The van der Waals surface area contributed by atoms with Crippen LogP contribution in [0.5, 0.6) is 5.75 Å².